The van der Waals surface area contributed by atoms with Crippen LogP contribution in [0.2, 0.25) is 0 Å². The van der Waals surface area contributed by atoms with Gasteiger partial charge in [0.1, 0.15) is 5.82 Å². The third-order valence-corrected chi connectivity index (χ3v) is 3.90. The minimum Gasteiger partial charge on any atom is -0.388 e. The molecule has 2 aromatic rings. The predicted molar refractivity (Wildman–Crippen MR) is 78.6 cm³/mol. The molecule has 1 N–H and O–H groups in total. The molecule has 19 heavy (non-hydrogen) atoms. The Bertz CT molecular complexity index is 551. The van der Waals surface area contributed by atoms with Crippen LogP contribution in [0.25, 0.3) is 0 Å². The van der Waals surface area contributed by atoms with Gasteiger partial charge < -0.3 is 5.11 Å². The van der Waals surface area contributed by atoms with E-state index in [9.17, 15) is 9.50 Å². The quantitative estimate of drug-likeness (QED) is 0.883. The maximum absolute atomic E-state index is 13.2. The Balaban J connectivity index is 2.15. The molecule has 0 fully saturated rings. The average molecular weight is 323 g/mol. The van der Waals surface area contributed by atoms with Crippen LogP contribution in [0.1, 0.15) is 29.7 Å². The van der Waals surface area contributed by atoms with Crippen molar-refractivity contribution in [2.75, 3.05) is 0 Å². The smallest absolute Gasteiger partial charge is 0.123 e. The Morgan fingerprint density at radius 1 is 1.11 bits per heavy atom. The Morgan fingerprint density at radius 2 is 1.74 bits per heavy atom. The molecule has 1 nitrogen and oxygen atoms in total. The molecule has 0 amide bonds. The van der Waals surface area contributed by atoms with E-state index in [0.717, 1.165) is 16.5 Å². The van der Waals surface area contributed by atoms with Gasteiger partial charge in [0.15, 0.2) is 0 Å². The van der Waals surface area contributed by atoms with Gasteiger partial charge in [0.2, 0.25) is 0 Å². The lowest BCUT2D eigenvalue weighted by Crippen LogP contribution is -2.03. The van der Waals surface area contributed by atoms with Crippen LogP contribution in [0.3, 0.4) is 0 Å². The van der Waals surface area contributed by atoms with Crippen molar-refractivity contribution >= 4 is 15.9 Å². The summed E-state index contributed by atoms with van der Waals surface area (Å²) in [6.45, 7) is 2.10. The van der Waals surface area contributed by atoms with E-state index in [1.54, 1.807) is 6.07 Å². The van der Waals surface area contributed by atoms with Crippen molar-refractivity contribution in [3.63, 3.8) is 0 Å². The topological polar surface area (TPSA) is 20.2 Å². The van der Waals surface area contributed by atoms with Crippen molar-refractivity contribution in [2.45, 2.75) is 25.9 Å². The molecule has 0 aliphatic heterocycles. The fourth-order valence-electron chi connectivity index (χ4n) is 2.01. The van der Waals surface area contributed by atoms with E-state index in [2.05, 4.69) is 35.0 Å². The molecule has 0 spiro atoms. The molecule has 2 aromatic carbocycles. The molecule has 2 rings (SSSR count). The highest BCUT2D eigenvalue weighted by molar-refractivity contribution is 9.10. The van der Waals surface area contributed by atoms with Crippen LogP contribution in [0.15, 0.2) is 46.9 Å². The molecule has 100 valence electrons. The van der Waals surface area contributed by atoms with Crippen LogP contribution < -0.4 is 0 Å². The van der Waals surface area contributed by atoms with Gasteiger partial charge in [-0.25, -0.2) is 4.39 Å². The number of halogens is 2. The number of rotatable bonds is 4. The lowest BCUT2D eigenvalue weighted by Gasteiger charge is -2.13. The summed E-state index contributed by atoms with van der Waals surface area (Å²) in [5.74, 6) is -0.335. The normalized spacial score (nSPS) is 12.4. The second-order valence-corrected chi connectivity index (χ2v) is 5.41. The van der Waals surface area contributed by atoms with Crippen LogP contribution >= 0.6 is 15.9 Å². The summed E-state index contributed by atoms with van der Waals surface area (Å²) in [6, 6.07) is 12.5. The van der Waals surface area contributed by atoms with Gasteiger partial charge in [-0.05, 0) is 41.3 Å². The minimum absolute atomic E-state index is 0.335. The summed E-state index contributed by atoms with van der Waals surface area (Å²) >= 11 is 3.34. The summed E-state index contributed by atoms with van der Waals surface area (Å²) < 4.78 is 13.9. The molecule has 0 aliphatic carbocycles. The Labute approximate surface area is 121 Å². The van der Waals surface area contributed by atoms with Crippen LogP contribution in [-0.4, -0.2) is 5.11 Å². The maximum atomic E-state index is 13.2. The second kappa shape index (κ2) is 6.31. The van der Waals surface area contributed by atoms with Crippen molar-refractivity contribution in [3.05, 3.63) is 69.4 Å². The summed E-state index contributed by atoms with van der Waals surface area (Å²) in [5.41, 5.74) is 2.89. The van der Waals surface area contributed by atoms with Crippen LogP contribution in [0.4, 0.5) is 4.39 Å². The van der Waals surface area contributed by atoms with E-state index in [1.807, 2.05) is 12.1 Å². The van der Waals surface area contributed by atoms with Crippen molar-refractivity contribution in [1.82, 2.24) is 0 Å². The lowest BCUT2D eigenvalue weighted by molar-refractivity contribution is 0.177. The number of aliphatic hydroxyl groups excluding tert-OH is 1. The molecule has 0 heterocycles. The van der Waals surface area contributed by atoms with E-state index < -0.39 is 6.10 Å². The highest BCUT2D eigenvalue weighted by Gasteiger charge is 2.13. The Hall–Kier alpha value is -1.19. The van der Waals surface area contributed by atoms with Gasteiger partial charge in [-0.3, -0.25) is 0 Å². The van der Waals surface area contributed by atoms with Crippen molar-refractivity contribution < 1.29 is 9.50 Å². The molecule has 0 bridgehead atoms. The molecular weight excluding hydrogens is 307 g/mol. The van der Waals surface area contributed by atoms with Gasteiger partial charge in [-0.15, -0.1) is 0 Å². The fourth-order valence-corrected chi connectivity index (χ4v) is 2.53. The summed E-state index contributed by atoms with van der Waals surface area (Å²) in [5, 5.41) is 10.2. The number of benzene rings is 2. The van der Waals surface area contributed by atoms with Crippen LogP contribution in [-0.2, 0) is 12.8 Å². The SMILES string of the molecule is CCc1ccc(CC(O)c2cc(F)ccc2Br)cc1. The molecule has 0 aliphatic rings. The second-order valence-electron chi connectivity index (χ2n) is 4.56. The third-order valence-electron chi connectivity index (χ3n) is 3.18. The first-order valence-electron chi connectivity index (χ1n) is 6.31. The first-order chi connectivity index (χ1) is 9.10. The molecule has 0 radical (unpaired) electrons. The van der Waals surface area contributed by atoms with E-state index >= 15 is 0 Å². The molecule has 1 unspecified atom stereocenters. The first kappa shape index (κ1) is 14.2. The van der Waals surface area contributed by atoms with Crippen molar-refractivity contribution in [2.24, 2.45) is 0 Å². The van der Waals surface area contributed by atoms with Crippen molar-refractivity contribution in [3.8, 4) is 0 Å². The van der Waals surface area contributed by atoms with E-state index in [4.69, 9.17) is 0 Å². The highest BCUT2D eigenvalue weighted by Crippen LogP contribution is 2.27. The maximum Gasteiger partial charge on any atom is 0.123 e. The summed E-state index contributed by atoms with van der Waals surface area (Å²) in [6.07, 6.45) is 0.766. The third kappa shape index (κ3) is 3.64. The standard InChI is InChI=1S/C16H16BrFO/c1-2-11-3-5-12(6-4-11)9-16(19)14-10-13(18)7-8-15(14)17/h3-8,10,16,19H,2,9H2,1H3. The monoisotopic (exact) mass is 322 g/mol. The molecule has 0 saturated heterocycles. The average Bonchev–Trinajstić information content (AvgIpc) is 2.42. The molecule has 0 aromatic heterocycles. The van der Waals surface area contributed by atoms with Gasteiger partial charge in [-0.1, -0.05) is 47.1 Å². The summed E-state index contributed by atoms with van der Waals surface area (Å²) in [7, 11) is 0. The lowest BCUT2D eigenvalue weighted by atomic mass is 10.00. The zero-order valence-corrected chi connectivity index (χ0v) is 12.3. The van der Waals surface area contributed by atoms with Gasteiger partial charge in [0, 0.05) is 10.9 Å². The van der Waals surface area contributed by atoms with Gasteiger partial charge >= 0.3 is 0 Å². The Kier molecular flexibility index (Phi) is 4.72. The summed E-state index contributed by atoms with van der Waals surface area (Å²) in [4.78, 5) is 0. The van der Waals surface area contributed by atoms with E-state index in [1.165, 1.54) is 17.7 Å². The molecule has 0 saturated carbocycles. The number of hydrogen-bond donors (Lipinski definition) is 1. The largest absolute Gasteiger partial charge is 0.388 e. The van der Waals surface area contributed by atoms with Crippen molar-refractivity contribution in [1.29, 1.82) is 0 Å². The van der Waals surface area contributed by atoms with E-state index in [-0.39, 0.29) is 5.82 Å². The molecule has 3 heteroatoms. The van der Waals surface area contributed by atoms with Gasteiger partial charge in [0.25, 0.3) is 0 Å². The number of hydrogen-bond acceptors (Lipinski definition) is 1. The number of aryl methyl sites for hydroxylation is 1. The minimum atomic E-state index is -0.711. The predicted octanol–water partition coefficient (Wildman–Crippen LogP) is 4.43. The fraction of sp³-hybridized carbons (Fsp3) is 0.250. The zero-order chi connectivity index (χ0) is 13.8. The molecule has 1 atom stereocenters. The zero-order valence-electron chi connectivity index (χ0n) is 10.7. The Morgan fingerprint density at radius 3 is 2.37 bits per heavy atom. The first-order valence-corrected chi connectivity index (χ1v) is 7.10. The van der Waals surface area contributed by atoms with Crippen LogP contribution in [0, 0.1) is 5.82 Å². The van der Waals surface area contributed by atoms with E-state index in [0.29, 0.717) is 12.0 Å². The highest BCUT2D eigenvalue weighted by atomic mass is 79.9. The van der Waals surface area contributed by atoms with Crippen LogP contribution in [0.5, 0.6) is 0 Å². The molecular formula is C16H16BrFO. The van der Waals surface area contributed by atoms with Gasteiger partial charge in [-0.2, -0.15) is 0 Å². The number of aliphatic hydroxyl groups is 1. The van der Waals surface area contributed by atoms with Gasteiger partial charge in [0.05, 0.1) is 6.10 Å².